The number of nitrogens with one attached hydrogen (secondary N) is 1. The van der Waals surface area contributed by atoms with Gasteiger partial charge in [0.25, 0.3) is 0 Å². The van der Waals surface area contributed by atoms with E-state index in [1.807, 2.05) is 44.2 Å². The van der Waals surface area contributed by atoms with E-state index in [-0.39, 0.29) is 5.75 Å². The number of benzene rings is 1. The minimum absolute atomic E-state index is 0.0523. The molecule has 0 fully saturated rings. The van der Waals surface area contributed by atoms with E-state index in [0.717, 1.165) is 16.7 Å². The second kappa shape index (κ2) is 5.40. The summed E-state index contributed by atoms with van der Waals surface area (Å²) in [6.45, 7) is 3.78. The Bertz CT molecular complexity index is 664. The van der Waals surface area contributed by atoms with Crippen LogP contribution >= 0.6 is 0 Å². The van der Waals surface area contributed by atoms with Gasteiger partial charge >= 0.3 is 0 Å². The number of pyridine rings is 1. The molecule has 0 aliphatic carbocycles. The molecule has 0 amide bonds. The van der Waals surface area contributed by atoms with E-state index in [2.05, 4.69) is 9.71 Å². The van der Waals surface area contributed by atoms with Gasteiger partial charge in [0, 0.05) is 6.20 Å². The number of hydrogen-bond donors (Lipinski definition) is 1. The molecule has 1 aromatic carbocycles. The molecule has 0 unspecified atom stereocenters. The first-order chi connectivity index (χ1) is 8.96. The summed E-state index contributed by atoms with van der Waals surface area (Å²) in [5.74, 6) is 0.332. The summed E-state index contributed by atoms with van der Waals surface area (Å²) in [4.78, 5) is 4.03. The van der Waals surface area contributed by atoms with Crippen LogP contribution in [0, 0.1) is 13.8 Å². The summed E-state index contributed by atoms with van der Waals surface area (Å²) in [6, 6.07) is 11.0. The summed E-state index contributed by atoms with van der Waals surface area (Å²) in [6.07, 6.45) is 1.57. The van der Waals surface area contributed by atoms with Crippen molar-refractivity contribution in [3.8, 4) is 0 Å². The van der Waals surface area contributed by atoms with Gasteiger partial charge in [0.15, 0.2) is 0 Å². The van der Waals surface area contributed by atoms with Crippen LogP contribution in [0.1, 0.15) is 16.7 Å². The van der Waals surface area contributed by atoms with E-state index in [0.29, 0.717) is 5.82 Å². The molecular weight excluding hydrogens is 260 g/mol. The Morgan fingerprint density at radius 1 is 1.11 bits per heavy atom. The first-order valence-electron chi connectivity index (χ1n) is 5.94. The first kappa shape index (κ1) is 13.5. The molecule has 100 valence electrons. The molecule has 0 radical (unpaired) electrons. The molecule has 4 nitrogen and oxygen atoms in total. The lowest BCUT2D eigenvalue weighted by molar-refractivity contribution is 0.600. The van der Waals surface area contributed by atoms with Crippen molar-refractivity contribution in [1.29, 1.82) is 0 Å². The van der Waals surface area contributed by atoms with E-state index in [1.54, 1.807) is 12.3 Å². The Kier molecular flexibility index (Phi) is 3.85. The fraction of sp³-hybridized carbons (Fsp3) is 0.214. The molecule has 2 aromatic rings. The van der Waals surface area contributed by atoms with E-state index in [1.165, 1.54) is 0 Å². The SMILES string of the molecule is Cc1ccc(CS(=O)(=O)Nc2ncccc2C)cc1. The van der Waals surface area contributed by atoms with Gasteiger partial charge in [-0.1, -0.05) is 35.9 Å². The largest absolute Gasteiger partial charge is 0.267 e. The average molecular weight is 276 g/mol. The lowest BCUT2D eigenvalue weighted by atomic mass is 10.2. The van der Waals surface area contributed by atoms with E-state index in [4.69, 9.17) is 0 Å². The van der Waals surface area contributed by atoms with E-state index >= 15 is 0 Å². The quantitative estimate of drug-likeness (QED) is 0.934. The topological polar surface area (TPSA) is 59.1 Å². The molecule has 0 saturated heterocycles. The summed E-state index contributed by atoms with van der Waals surface area (Å²) in [7, 11) is -3.44. The molecule has 0 saturated carbocycles. The molecular formula is C14H16N2O2S. The summed E-state index contributed by atoms with van der Waals surface area (Å²) >= 11 is 0. The number of aryl methyl sites for hydroxylation is 2. The van der Waals surface area contributed by atoms with Crippen LogP contribution in [0.25, 0.3) is 0 Å². The summed E-state index contributed by atoms with van der Waals surface area (Å²) in [5.41, 5.74) is 2.66. The maximum Gasteiger partial charge on any atom is 0.238 e. The third-order valence-corrected chi connectivity index (χ3v) is 3.96. The van der Waals surface area contributed by atoms with Crippen LogP contribution < -0.4 is 4.72 Å². The molecule has 0 aliphatic heterocycles. The van der Waals surface area contributed by atoms with Gasteiger partial charge in [-0.2, -0.15) is 0 Å². The van der Waals surface area contributed by atoms with Crippen molar-refractivity contribution in [3.05, 3.63) is 59.3 Å². The molecule has 0 bridgehead atoms. The zero-order valence-electron chi connectivity index (χ0n) is 10.9. The standard InChI is InChI=1S/C14H16N2O2S/c1-11-5-7-13(8-6-11)10-19(17,18)16-14-12(2)4-3-9-15-14/h3-9H,10H2,1-2H3,(H,15,16). The molecule has 0 aliphatic rings. The van der Waals surface area contributed by atoms with Crippen molar-refractivity contribution in [2.24, 2.45) is 0 Å². The molecule has 5 heteroatoms. The van der Waals surface area contributed by atoms with Crippen molar-refractivity contribution in [1.82, 2.24) is 4.98 Å². The van der Waals surface area contributed by atoms with Gasteiger partial charge in [-0.25, -0.2) is 13.4 Å². The van der Waals surface area contributed by atoms with Crippen molar-refractivity contribution >= 4 is 15.8 Å². The third-order valence-electron chi connectivity index (χ3n) is 2.74. The van der Waals surface area contributed by atoms with Gasteiger partial charge in [0.05, 0.1) is 5.75 Å². The molecule has 1 aromatic heterocycles. The molecule has 19 heavy (non-hydrogen) atoms. The van der Waals surface area contributed by atoms with Crippen molar-refractivity contribution in [3.63, 3.8) is 0 Å². The minimum atomic E-state index is -3.44. The molecule has 0 atom stereocenters. The van der Waals surface area contributed by atoms with Gasteiger partial charge < -0.3 is 0 Å². The van der Waals surface area contributed by atoms with Crippen molar-refractivity contribution < 1.29 is 8.42 Å². The maximum atomic E-state index is 12.1. The highest BCUT2D eigenvalue weighted by Gasteiger charge is 2.13. The van der Waals surface area contributed by atoms with Crippen LogP contribution in [0.5, 0.6) is 0 Å². The van der Waals surface area contributed by atoms with Crippen molar-refractivity contribution in [2.75, 3.05) is 4.72 Å². The Labute approximate surface area is 113 Å². The molecule has 1 heterocycles. The lowest BCUT2D eigenvalue weighted by Crippen LogP contribution is -2.16. The zero-order valence-corrected chi connectivity index (χ0v) is 11.7. The second-order valence-corrected chi connectivity index (χ2v) is 6.24. The highest BCUT2D eigenvalue weighted by Crippen LogP contribution is 2.14. The second-order valence-electron chi connectivity index (χ2n) is 4.52. The van der Waals surface area contributed by atoms with Crippen LogP contribution in [0.15, 0.2) is 42.6 Å². The Balaban J connectivity index is 2.15. The van der Waals surface area contributed by atoms with Gasteiger partial charge in [0.2, 0.25) is 10.0 Å². The van der Waals surface area contributed by atoms with Crippen LogP contribution in [0.4, 0.5) is 5.82 Å². The normalized spacial score (nSPS) is 11.3. The fourth-order valence-electron chi connectivity index (χ4n) is 1.68. The van der Waals surface area contributed by atoms with E-state index in [9.17, 15) is 8.42 Å². The predicted octanol–water partition coefficient (Wildman–Crippen LogP) is 2.64. The summed E-state index contributed by atoms with van der Waals surface area (Å²) < 4.78 is 26.6. The number of anilines is 1. The van der Waals surface area contributed by atoms with Gasteiger partial charge in [-0.05, 0) is 31.0 Å². The molecule has 1 N–H and O–H groups in total. The Morgan fingerprint density at radius 2 is 1.79 bits per heavy atom. The minimum Gasteiger partial charge on any atom is -0.267 e. The highest BCUT2D eigenvalue weighted by molar-refractivity contribution is 7.91. The first-order valence-corrected chi connectivity index (χ1v) is 7.59. The zero-order chi connectivity index (χ0) is 13.9. The van der Waals surface area contributed by atoms with Crippen LogP contribution in [-0.2, 0) is 15.8 Å². The Morgan fingerprint density at radius 3 is 2.42 bits per heavy atom. The maximum absolute atomic E-state index is 12.1. The third kappa shape index (κ3) is 3.79. The highest BCUT2D eigenvalue weighted by atomic mass is 32.2. The molecule has 2 rings (SSSR count). The summed E-state index contributed by atoms with van der Waals surface area (Å²) in [5, 5.41) is 0. The van der Waals surface area contributed by atoms with Gasteiger partial charge in [-0.15, -0.1) is 0 Å². The molecule has 0 spiro atoms. The number of sulfonamides is 1. The van der Waals surface area contributed by atoms with E-state index < -0.39 is 10.0 Å². The van der Waals surface area contributed by atoms with Crippen LogP contribution in [-0.4, -0.2) is 13.4 Å². The predicted molar refractivity (Wildman–Crippen MR) is 76.4 cm³/mol. The van der Waals surface area contributed by atoms with Gasteiger partial charge in [0.1, 0.15) is 5.82 Å². The monoisotopic (exact) mass is 276 g/mol. The number of nitrogens with zero attached hydrogens (tertiary/aromatic N) is 1. The Hall–Kier alpha value is -1.88. The number of aromatic nitrogens is 1. The lowest BCUT2D eigenvalue weighted by Gasteiger charge is -2.09. The van der Waals surface area contributed by atoms with Crippen LogP contribution in [0.3, 0.4) is 0 Å². The van der Waals surface area contributed by atoms with Crippen LogP contribution in [0.2, 0.25) is 0 Å². The number of rotatable bonds is 4. The van der Waals surface area contributed by atoms with Gasteiger partial charge in [-0.3, -0.25) is 4.72 Å². The number of hydrogen-bond acceptors (Lipinski definition) is 3. The smallest absolute Gasteiger partial charge is 0.238 e. The average Bonchev–Trinajstić information content (AvgIpc) is 2.35. The fourth-order valence-corrected chi connectivity index (χ4v) is 2.89. The van der Waals surface area contributed by atoms with Crippen molar-refractivity contribution in [2.45, 2.75) is 19.6 Å².